The lowest BCUT2D eigenvalue weighted by Crippen LogP contribution is -2.29. The van der Waals surface area contributed by atoms with Gasteiger partial charge in [-0.3, -0.25) is 0 Å². The van der Waals surface area contributed by atoms with Crippen LogP contribution in [-0.2, 0) is 10.0 Å². The van der Waals surface area contributed by atoms with Crippen LogP contribution in [0.1, 0.15) is 6.42 Å². The van der Waals surface area contributed by atoms with Gasteiger partial charge in [-0.25, -0.2) is 22.1 Å². The van der Waals surface area contributed by atoms with Crippen LogP contribution in [0.5, 0.6) is 0 Å². The number of hydrogen-bond acceptors (Lipinski definition) is 5. The van der Waals surface area contributed by atoms with Crippen LogP contribution in [0.4, 0.5) is 10.2 Å². The van der Waals surface area contributed by atoms with Crippen LogP contribution in [0.2, 0.25) is 5.02 Å². The summed E-state index contributed by atoms with van der Waals surface area (Å²) in [5.74, 6) is -0.0505. The van der Waals surface area contributed by atoms with Crippen molar-refractivity contribution in [2.45, 2.75) is 11.3 Å². The number of nitrogens with one attached hydrogen (secondary N) is 1. The van der Waals surface area contributed by atoms with Gasteiger partial charge in [-0.2, -0.15) is 9.61 Å². The molecule has 0 saturated carbocycles. The van der Waals surface area contributed by atoms with E-state index in [-0.39, 0.29) is 11.4 Å². The molecular formula is C22H22BClFN5O2S. The molecule has 11 heteroatoms. The van der Waals surface area contributed by atoms with E-state index in [0.29, 0.717) is 35.1 Å². The molecule has 4 aromatic rings. The zero-order valence-electron chi connectivity index (χ0n) is 18.2. The van der Waals surface area contributed by atoms with E-state index in [9.17, 15) is 12.8 Å². The van der Waals surface area contributed by atoms with Crippen molar-refractivity contribution in [3.05, 3.63) is 71.6 Å². The van der Waals surface area contributed by atoms with Gasteiger partial charge in [0.1, 0.15) is 24.4 Å². The largest absolute Gasteiger partial charge is 0.370 e. The lowest BCUT2D eigenvalue weighted by Gasteiger charge is -2.18. The summed E-state index contributed by atoms with van der Waals surface area (Å²) in [4.78, 5) is 4.38. The molecule has 2 heterocycles. The number of sulfonamides is 1. The second kappa shape index (κ2) is 9.50. The Morgan fingerprint density at radius 1 is 1.18 bits per heavy atom. The van der Waals surface area contributed by atoms with Gasteiger partial charge in [0.2, 0.25) is 10.0 Å². The molecule has 1 N–H and O–H groups in total. The second-order valence-electron chi connectivity index (χ2n) is 7.61. The summed E-state index contributed by atoms with van der Waals surface area (Å²) in [6.07, 6.45) is 2.23. The molecule has 0 fully saturated rings. The molecule has 0 aliphatic carbocycles. The molecule has 33 heavy (non-hydrogen) atoms. The molecule has 170 valence electrons. The molecule has 4 rings (SSSR count). The standard InChI is InChI=1S/C22H22BClFN5O2S/c1-29(33(31,32)20-10-5-4-9-18(20)25)12-6-11-26-21-13-19(15-7-2-3-8-17(15)24)28-22-16(23)14-27-30(21)22/h2-5,7-10,13-14,26H,6,11-12,23H2,1H3. The fourth-order valence-electron chi connectivity index (χ4n) is 3.47. The Morgan fingerprint density at radius 2 is 1.91 bits per heavy atom. The van der Waals surface area contributed by atoms with Crippen LogP contribution in [0.3, 0.4) is 0 Å². The summed E-state index contributed by atoms with van der Waals surface area (Å²) in [6, 6.07) is 14.7. The van der Waals surface area contributed by atoms with E-state index < -0.39 is 15.8 Å². The molecule has 0 aliphatic heterocycles. The van der Waals surface area contributed by atoms with E-state index in [4.69, 9.17) is 16.6 Å². The van der Waals surface area contributed by atoms with Crippen molar-refractivity contribution in [2.24, 2.45) is 0 Å². The highest BCUT2D eigenvalue weighted by molar-refractivity contribution is 7.89. The van der Waals surface area contributed by atoms with Crippen molar-refractivity contribution in [1.82, 2.24) is 18.9 Å². The molecule has 0 saturated heterocycles. The van der Waals surface area contributed by atoms with Crippen LogP contribution >= 0.6 is 11.6 Å². The van der Waals surface area contributed by atoms with Gasteiger partial charge in [-0.1, -0.05) is 41.9 Å². The van der Waals surface area contributed by atoms with Crippen molar-refractivity contribution in [1.29, 1.82) is 0 Å². The first-order valence-electron chi connectivity index (χ1n) is 10.3. The van der Waals surface area contributed by atoms with Gasteiger partial charge in [-0.15, -0.1) is 0 Å². The molecule has 0 spiro atoms. The van der Waals surface area contributed by atoms with Gasteiger partial charge in [0.05, 0.1) is 5.69 Å². The zero-order valence-corrected chi connectivity index (χ0v) is 19.7. The molecule has 2 aromatic heterocycles. The quantitative estimate of drug-likeness (QED) is 0.306. The maximum absolute atomic E-state index is 14.0. The van der Waals surface area contributed by atoms with Gasteiger partial charge in [0.25, 0.3) is 0 Å². The summed E-state index contributed by atoms with van der Waals surface area (Å²) >= 11 is 6.37. The first-order chi connectivity index (χ1) is 15.8. The lowest BCUT2D eigenvalue weighted by atomic mass is 10.0. The first kappa shape index (κ1) is 23.2. The van der Waals surface area contributed by atoms with Crippen LogP contribution in [-0.4, -0.2) is 55.3 Å². The Balaban J connectivity index is 1.50. The van der Waals surface area contributed by atoms with Gasteiger partial charge in [0, 0.05) is 43.0 Å². The van der Waals surface area contributed by atoms with Crippen LogP contribution in [0.15, 0.2) is 65.7 Å². The number of anilines is 1. The van der Waals surface area contributed by atoms with Crippen molar-refractivity contribution in [2.75, 3.05) is 25.5 Å². The third kappa shape index (κ3) is 4.73. The van der Waals surface area contributed by atoms with E-state index in [1.165, 1.54) is 25.2 Å². The summed E-state index contributed by atoms with van der Waals surface area (Å²) in [6.45, 7) is 0.685. The smallest absolute Gasteiger partial charge is 0.245 e. The molecule has 0 unspecified atom stereocenters. The monoisotopic (exact) mass is 485 g/mol. The minimum absolute atomic E-state index is 0.216. The van der Waals surface area contributed by atoms with Crippen LogP contribution in [0, 0.1) is 5.82 Å². The summed E-state index contributed by atoms with van der Waals surface area (Å²) < 4.78 is 42.1. The number of fused-ring (bicyclic) bond motifs is 1. The highest BCUT2D eigenvalue weighted by atomic mass is 35.5. The Hall–Kier alpha value is -2.95. The first-order valence-corrected chi connectivity index (χ1v) is 12.2. The third-order valence-corrected chi connectivity index (χ3v) is 7.50. The Morgan fingerprint density at radius 3 is 2.67 bits per heavy atom. The molecule has 2 aromatic carbocycles. The Bertz CT molecular complexity index is 1410. The third-order valence-electron chi connectivity index (χ3n) is 5.28. The fraction of sp³-hybridized carbons (Fsp3) is 0.182. The highest BCUT2D eigenvalue weighted by Crippen LogP contribution is 2.28. The van der Waals surface area contributed by atoms with E-state index >= 15 is 0 Å². The molecule has 0 radical (unpaired) electrons. The molecule has 7 nitrogen and oxygen atoms in total. The Labute approximate surface area is 197 Å². The van der Waals surface area contributed by atoms with Crippen LogP contribution in [0.25, 0.3) is 16.9 Å². The number of nitrogens with zero attached hydrogens (tertiary/aromatic N) is 4. The topological polar surface area (TPSA) is 79.6 Å². The second-order valence-corrected chi connectivity index (χ2v) is 10.0. The normalized spacial score (nSPS) is 11.9. The maximum atomic E-state index is 14.0. The van der Waals surface area contributed by atoms with Gasteiger partial charge < -0.3 is 5.32 Å². The summed E-state index contributed by atoms with van der Waals surface area (Å²) in [5.41, 5.74) is 3.14. The minimum Gasteiger partial charge on any atom is -0.370 e. The number of aromatic nitrogens is 3. The highest BCUT2D eigenvalue weighted by Gasteiger charge is 2.23. The lowest BCUT2D eigenvalue weighted by molar-refractivity contribution is 0.459. The minimum atomic E-state index is -3.91. The SMILES string of the molecule is Bc1cnn2c(NCCCN(C)S(=O)(=O)c3ccccc3F)cc(-c3ccccc3Cl)nc12. The molecule has 0 bridgehead atoms. The molecule has 0 amide bonds. The van der Waals surface area contributed by atoms with Crippen molar-refractivity contribution < 1.29 is 12.8 Å². The van der Waals surface area contributed by atoms with Crippen LogP contribution < -0.4 is 10.8 Å². The molecule has 0 aliphatic rings. The van der Waals surface area contributed by atoms with E-state index in [1.807, 2.05) is 38.2 Å². The fourth-order valence-corrected chi connectivity index (χ4v) is 4.97. The van der Waals surface area contributed by atoms with Crippen molar-refractivity contribution in [3.8, 4) is 11.3 Å². The summed E-state index contributed by atoms with van der Waals surface area (Å²) in [7, 11) is -0.533. The predicted octanol–water partition coefficient (Wildman–Crippen LogP) is 2.57. The average molecular weight is 486 g/mol. The number of rotatable bonds is 8. The van der Waals surface area contributed by atoms with Gasteiger partial charge >= 0.3 is 0 Å². The van der Waals surface area contributed by atoms with E-state index in [1.54, 1.807) is 10.7 Å². The predicted molar refractivity (Wildman–Crippen MR) is 131 cm³/mol. The van der Waals surface area contributed by atoms with E-state index in [2.05, 4.69) is 10.4 Å². The molecular weight excluding hydrogens is 464 g/mol. The van der Waals surface area contributed by atoms with Gasteiger partial charge in [-0.05, 0) is 30.1 Å². The van der Waals surface area contributed by atoms with Crippen molar-refractivity contribution in [3.63, 3.8) is 0 Å². The van der Waals surface area contributed by atoms with Crippen molar-refractivity contribution >= 4 is 46.4 Å². The van der Waals surface area contributed by atoms with E-state index in [0.717, 1.165) is 21.4 Å². The average Bonchev–Trinajstić information content (AvgIpc) is 3.17. The zero-order chi connectivity index (χ0) is 23.6. The number of benzene rings is 2. The Kier molecular flexibility index (Phi) is 6.69. The number of hydrogen-bond donors (Lipinski definition) is 1. The number of halogens is 2. The van der Waals surface area contributed by atoms with Gasteiger partial charge in [0.15, 0.2) is 5.65 Å². The maximum Gasteiger partial charge on any atom is 0.245 e. The summed E-state index contributed by atoms with van der Waals surface area (Å²) in [5, 5.41) is 8.29. The molecule has 0 atom stereocenters.